The molecule has 1 saturated heterocycles. The smallest absolute Gasteiger partial charge is 0.322 e. The van der Waals surface area contributed by atoms with Crippen molar-refractivity contribution in [2.75, 3.05) is 19.6 Å². The molecular formula is C10H18N2O3. The summed E-state index contributed by atoms with van der Waals surface area (Å²) < 4.78 is 0. The van der Waals surface area contributed by atoms with Crippen LogP contribution in [0.3, 0.4) is 0 Å². The van der Waals surface area contributed by atoms with Gasteiger partial charge in [-0.1, -0.05) is 6.92 Å². The Morgan fingerprint density at radius 3 is 2.73 bits per heavy atom. The third-order valence-electron chi connectivity index (χ3n) is 3.03. The van der Waals surface area contributed by atoms with E-state index in [1.165, 1.54) is 0 Å². The predicted octanol–water partition coefficient (Wildman–Crippen LogP) is -0.0330. The first-order valence-corrected chi connectivity index (χ1v) is 5.31. The van der Waals surface area contributed by atoms with E-state index in [-0.39, 0.29) is 12.5 Å². The van der Waals surface area contributed by atoms with Crippen molar-refractivity contribution in [2.45, 2.75) is 26.2 Å². The summed E-state index contributed by atoms with van der Waals surface area (Å²) in [4.78, 5) is 22.2. The number of hydrogen-bond acceptors (Lipinski definition) is 3. The van der Waals surface area contributed by atoms with Crippen LogP contribution in [0.4, 0.5) is 0 Å². The fourth-order valence-electron chi connectivity index (χ4n) is 1.97. The molecule has 1 heterocycles. The van der Waals surface area contributed by atoms with Crippen LogP contribution in [0.15, 0.2) is 0 Å². The first kappa shape index (κ1) is 12.0. The molecule has 0 saturated carbocycles. The first-order chi connectivity index (χ1) is 7.10. The summed E-state index contributed by atoms with van der Waals surface area (Å²) in [5, 5.41) is 14.1. The van der Waals surface area contributed by atoms with E-state index < -0.39 is 11.4 Å². The van der Waals surface area contributed by atoms with Gasteiger partial charge >= 0.3 is 5.97 Å². The minimum absolute atomic E-state index is 0.139. The molecule has 5 heteroatoms. The van der Waals surface area contributed by atoms with Crippen molar-refractivity contribution < 1.29 is 14.7 Å². The van der Waals surface area contributed by atoms with Gasteiger partial charge in [0.1, 0.15) is 6.54 Å². The predicted molar refractivity (Wildman–Crippen MR) is 55.5 cm³/mol. The average molecular weight is 214 g/mol. The number of amides is 1. The van der Waals surface area contributed by atoms with Gasteiger partial charge in [-0.3, -0.25) is 9.59 Å². The molecule has 1 aliphatic heterocycles. The fourth-order valence-corrected chi connectivity index (χ4v) is 1.97. The Morgan fingerprint density at radius 1 is 1.53 bits per heavy atom. The highest BCUT2D eigenvalue weighted by molar-refractivity contribution is 5.86. The van der Waals surface area contributed by atoms with E-state index in [1.54, 1.807) is 0 Å². The standard InChI is InChI=1S/C10H18N2O3/c1-2-10(4-3-5-11-7-10)9(15)12-6-8(13)14/h11H,2-7H2,1H3,(H,12,15)(H,13,14). The fraction of sp³-hybridized carbons (Fsp3) is 0.800. The van der Waals surface area contributed by atoms with Gasteiger partial charge in [-0.2, -0.15) is 0 Å². The summed E-state index contributed by atoms with van der Waals surface area (Å²) in [7, 11) is 0. The second-order valence-corrected chi connectivity index (χ2v) is 3.99. The molecule has 1 rings (SSSR count). The molecule has 1 fully saturated rings. The van der Waals surface area contributed by atoms with Crippen LogP contribution in [0, 0.1) is 5.41 Å². The zero-order valence-electron chi connectivity index (χ0n) is 9.01. The van der Waals surface area contributed by atoms with Gasteiger partial charge in [0.05, 0.1) is 5.41 Å². The van der Waals surface area contributed by atoms with E-state index in [1.807, 2.05) is 6.92 Å². The number of carboxylic acids is 1. The molecule has 0 aromatic rings. The van der Waals surface area contributed by atoms with Crippen LogP contribution in [-0.2, 0) is 9.59 Å². The minimum Gasteiger partial charge on any atom is -0.480 e. The van der Waals surface area contributed by atoms with Gasteiger partial charge in [-0.05, 0) is 25.8 Å². The van der Waals surface area contributed by atoms with Gasteiger partial charge in [0.2, 0.25) is 5.91 Å². The summed E-state index contributed by atoms with van der Waals surface area (Å²) >= 11 is 0. The Kier molecular flexibility index (Phi) is 4.08. The second kappa shape index (κ2) is 5.11. The van der Waals surface area contributed by atoms with Gasteiger partial charge in [0.25, 0.3) is 0 Å². The summed E-state index contributed by atoms with van der Waals surface area (Å²) in [6.45, 7) is 3.26. The van der Waals surface area contributed by atoms with Gasteiger partial charge in [0.15, 0.2) is 0 Å². The monoisotopic (exact) mass is 214 g/mol. The van der Waals surface area contributed by atoms with E-state index in [4.69, 9.17) is 5.11 Å². The first-order valence-electron chi connectivity index (χ1n) is 5.31. The number of piperidine rings is 1. The van der Waals surface area contributed by atoms with Crippen LogP contribution in [0.1, 0.15) is 26.2 Å². The normalized spacial score (nSPS) is 25.9. The molecule has 0 bridgehead atoms. The second-order valence-electron chi connectivity index (χ2n) is 3.99. The van der Waals surface area contributed by atoms with Crippen molar-refractivity contribution in [3.05, 3.63) is 0 Å². The molecule has 0 aromatic heterocycles. The molecule has 0 spiro atoms. The zero-order chi connectivity index (χ0) is 11.3. The SMILES string of the molecule is CCC1(C(=O)NCC(=O)O)CCCNC1. The summed E-state index contributed by atoms with van der Waals surface area (Å²) in [5.74, 6) is -1.14. The topological polar surface area (TPSA) is 78.4 Å². The largest absolute Gasteiger partial charge is 0.480 e. The van der Waals surface area contributed by atoms with Crippen LogP contribution >= 0.6 is 0 Å². The number of hydrogen-bond donors (Lipinski definition) is 3. The third-order valence-corrected chi connectivity index (χ3v) is 3.03. The molecular weight excluding hydrogens is 196 g/mol. The van der Waals surface area contributed by atoms with Crippen molar-refractivity contribution in [1.82, 2.24) is 10.6 Å². The van der Waals surface area contributed by atoms with Crippen molar-refractivity contribution in [3.63, 3.8) is 0 Å². The molecule has 1 aliphatic rings. The Hall–Kier alpha value is -1.10. The maximum absolute atomic E-state index is 11.8. The van der Waals surface area contributed by atoms with Gasteiger partial charge < -0.3 is 15.7 Å². The van der Waals surface area contributed by atoms with Crippen LogP contribution in [0.2, 0.25) is 0 Å². The van der Waals surface area contributed by atoms with Crippen LogP contribution in [-0.4, -0.2) is 36.6 Å². The number of carboxylic acid groups (broad SMARTS) is 1. The van der Waals surface area contributed by atoms with E-state index in [0.717, 1.165) is 25.8 Å². The lowest BCUT2D eigenvalue weighted by Crippen LogP contribution is -2.51. The van der Waals surface area contributed by atoms with Gasteiger partial charge in [-0.15, -0.1) is 0 Å². The molecule has 15 heavy (non-hydrogen) atoms. The number of carbonyl (C=O) groups is 2. The van der Waals surface area contributed by atoms with Crippen LogP contribution < -0.4 is 10.6 Å². The lowest BCUT2D eigenvalue weighted by atomic mass is 9.77. The molecule has 1 atom stereocenters. The zero-order valence-corrected chi connectivity index (χ0v) is 9.01. The maximum Gasteiger partial charge on any atom is 0.322 e. The Balaban J connectivity index is 2.55. The molecule has 0 radical (unpaired) electrons. The number of rotatable bonds is 4. The lowest BCUT2D eigenvalue weighted by molar-refractivity contribution is -0.140. The highest BCUT2D eigenvalue weighted by Gasteiger charge is 2.37. The summed E-state index contributed by atoms with van der Waals surface area (Å²) in [5.41, 5.74) is -0.409. The highest BCUT2D eigenvalue weighted by atomic mass is 16.4. The Labute approximate surface area is 89.2 Å². The van der Waals surface area contributed by atoms with Crippen molar-refractivity contribution in [2.24, 2.45) is 5.41 Å². The summed E-state index contributed by atoms with van der Waals surface area (Å²) in [6, 6.07) is 0. The van der Waals surface area contributed by atoms with Gasteiger partial charge in [-0.25, -0.2) is 0 Å². The van der Waals surface area contributed by atoms with E-state index in [9.17, 15) is 9.59 Å². The van der Waals surface area contributed by atoms with Crippen LogP contribution in [0.5, 0.6) is 0 Å². The quantitative estimate of drug-likeness (QED) is 0.614. The number of carbonyl (C=O) groups excluding carboxylic acids is 1. The highest BCUT2D eigenvalue weighted by Crippen LogP contribution is 2.29. The molecule has 1 amide bonds. The third kappa shape index (κ3) is 2.92. The van der Waals surface area contributed by atoms with Crippen molar-refractivity contribution >= 4 is 11.9 Å². The van der Waals surface area contributed by atoms with E-state index in [2.05, 4.69) is 10.6 Å². The lowest BCUT2D eigenvalue weighted by Gasteiger charge is -2.35. The molecule has 86 valence electrons. The van der Waals surface area contributed by atoms with E-state index in [0.29, 0.717) is 6.54 Å². The molecule has 5 nitrogen and oxygen atoms in total. The van der Waals surface area contributed by atoms with Gasteiger partial charge in [0, 0.05) is 6.54 Å². The van der Waals surface area contributed by atoms with Crippen LogP contribution in [0.25, 0.3) is 0 Å². The molecule has 0 aromatic carbocycles. The summed E-state index contributed by atoms with van der Waals surface area (Å²) in [6.07, 6.45) is 2.54. The minimum atomic E-state index is -1.00. The molecule has 0 aliphatic carbocycles. The number of aliphatic carboxylic acids is 1. The van der Waals surface area contributed by atoms with Crippen molar-refractivity contribution in [3.8, 4) is 0 Å². The Morgan fingerprint density at radius 2 is 2.27 bits per heavy atom. The molecule has 3 N–H and O–H groups in total. The van der Waals surface area contributed by atoms with E-state index >= 15 is 0 Å². The maximum atomic E-state index is 11.8. The number of nitrogens with one attached hydrogen (secondary N) is 2. The molecule has 1 unspecified atom stereocenters. The average Bonchev–Trinajstić information content (AvgIpc) is 2.26. The van der Waals surface area contributed by atoms with Crippen molar-refractivity contribution in [1.29, 1.82) is 0 Å². The Bertz CT molecular complexity index is 247.